The Morgan fingerprint density at radius 3 is 1.91 bits per heavy atom. The number of fused-ring (bicyclic) bond motifs is 1. The van der Waals surface area contributed by atoms with Gasteiger partial charge in [0.1, 0.15) is 11.1 Å². The number of nitrogens with two attached hydrogens (primary N) is 1. The Bertz CT molecular complexity index is 1670. The number of halogens is 7. The number of oxazole rings is 1. The molecule has 3 aromatic carbocycles. The maximum Gasteiger partial charge on any atom is 0.420 e. The number of aromatic nitrogens is 1. The van der Waals surface area contributed by atoms with Gasteiger partial charge in [0.25, 0.3) is 0 Å². The fourth-order valence-electron chi connectivity index (χ4n) is 5.77. The lowest BCUT2D eigenvalue weighted by molar-refractivity contribution is -0.139. The Labute approximate surface area is 282 Å². The van der Waals surface area contributed by atoms with E-state index in [1.54, 1.807) is 12.1 Å². The van der Waals surface area contributed by atoms with Gasteiger partial charge in [0.2, 0.25) is 5.89 Å². The lowest BCUT2D eigenvalue weighted by Crippen LogP contribution is -2.19. The van der Waals surface area contributed by atoms with Crippen molar-refractivity contribution in [1.29, 1.82) is 0 Å². The molecule has 0 saturated carbocycles. The molecular formula is C34H43BrF6N4O2. The Balaban J connectivity index is 0.000000333. The Morgan fingerprint density at radius 2 is 1.38 bits per heavy atom. The van der Waals surface area contributed by atoms with Crippen molar-refractivity contribution in [3.05, 3.63) is 74.8 Å². The SMILES string of the molecule is C.C.Cc1c(Br)cccc1-c1nc2cc(CN3CCCC3)cc(C(F)(F)F)c2o1.Nc1cc(CN2CCCC2)cc(C(F)(F)F)c1O.[2H][2H]. The van der Waals surface area contributed by atoms with Crippen molar-refractivity contribution < 1.29 is 38.8 Å². The molecule has 3 N–H and O–H groups in total. The molecule has 2 aliphatic rings. The summed E-state index contributed by atoms with van der Waals surface area (Å²) in [6.45, 7) is 6.42. The van der Waals surface area contributed by atoms with Gasteiger partial charge in [-0.05, 0) is 112 Å². The average molecular weight is 736 g/mol. The summed E-state index contributed by atoms with van der Waals surface area (Å²) in [5.41, 5.74) is 6.06. The van der Waals surface area contributed by atoms with E-state index >= 15 is 0 Å². The van der Waals surface area contributed by atoms with Crippen LogP contribution in [0.15, 0.2) is 51.4 Å². The van der Waals surface area contributed by atoms with Crippen LogP contribution < -0.4 is 5.73 Å². The summed E-state index contributed by atoms with van der Waals surface area (Å²) in [6, 6.07) is 10.8. The van der Waals surface area contributed by atoms with E-state index in [-0.39, 0.29) is 37.5 Å². The van der Waals surface area contributed by atoms with Gasteiger partial charge in [-0.15, -0.1) is 0 Å². The molecule has 2 fully saturated rings. The van der Waals surface area contributed by atoms with Crippen LogP contribution >= 0.6 is 15.9 Å². The Hall–Kier alpha value is -3.29. The van der Waals surface area contributed by atoms with Crippen LogP contribution in [-0.4, -0.2) is 46.1 Å². The van der Waals surface area contributed by atoms with Crippen LogP contribution in [-0.2, 0) is 25.4 Å². The van der Waals surface area contributed by atoms with E-state index in [1.165, 1.54) is 12.1 Å². The second kappa shape index (κ2) is 15.3. The third-order valence-corrected chi connectivity index (χ3v) is 8.93. The number of rotatable bonds is 5. The van der Waals surface area contributed by atoms with E-state index < -0.39 is 29.2 Å². The molecule has 3 heterocycles. The standard InChI is InChI=1S/C20H18BrF3N2O.C12H15F3N2O.2CH4.H2/c1-12-14(5-4-6-16(12)21)19-25-17-10-13(11-26-7-2-3-8-26)9-15(18(17)27-19)20(22,23)24;13-12(14,15)9-5-8(6-10(16)11(9)18)7-17-3-1-2-4-17;;;/h4-6,9-10H,2-3,7-8,11H2,1H3;5-6,18H,1-4,7,16H2;2*1H4;1H/i;;;;1+1D. The van der Waals surface area contributed by atoms with Gasteiger partial charge >= 0.3 is 12.4 Å². The van der Waals surface area contributed by atoms with Crippen molar-refractivity contribution in [2.24, 2.45) is 0 Å². The topological polar surface area (TPSA) is 78.8 Å². The molecule has 0 unspecified atom stereocenters. The van der Waals surface area contributed by atoms with Gasteiger partial charge in [0, 0.05) is 26.1 Å². The molecule has 2 saturated heterocycles. The number of nitrogens with zero attached hydrogens (tertiary/aromatic N) is 3. The highest BCUT2D eigenvalue weighted by Crippen LogP contribution is 2.41. The first-order chi connectivity index (χ1) is 22.2. The van der Waals surface area contributed by atoms with Crippen molar-refractivity contribution in [2.75, 3.05) is 31.9 Å². The number of anilines is 1. The first-order valence-corrected chi connectivity index (χ1v) is 15.4. The van der Waals surface area contributed by atoms with E-state index in [9.17, 15) is 31.4 Å². The molecule has 13 heteroatoms. The van der Waals surface area contributed by atoms with E-state index in [1.807, 2.05) is 19.1 Å². The van der Waals surface area contributed by atoms with Crippen LogP contribution in [0.4, 0.5) is 32.0 Å². The number of aromatic hydroxyl groups is 1. The number of alkyl halides is 6. The zero-order valence-electron chi connectivity index (χ0n) is 26.5. The lowest BCUT2D eigenvalue weighted by Gasteiger charge is -2.17. The lowest BCUT2D eigenvalue weighted by atomic mass is 10.1. The highest BCUT2D eigenvalue weighted by Gasteiger charge is 2.36. The largest absolute Gasteiger partial charge is 0.505 e. The predicted octanol–water partition coefficient (Wildman–Crippen LogP) is 10.3. The minimum atomic E-state index is -4.58. The van der Waals surface area contributed by atoms with Gasteiger partial charge in [0.15, 0.2) is 11.3 Å². The predicted molar refractivity (Wildman–Crippen MR) is 179 cm³/mol. The van der Waals surface area contributed by atoms with Crippen molar-refractivity contribution in [1.82, 2.24) is 14.8 Å². The molecule has 6 nitrogen and oxygen atoms in total. The normalized spacial score (nSPS) is 15.8. The molecular weight excluding hydrogens is 690 g/mol. The van der Waals surface area contributed by atoms with E-state index in [0.717, 1.165) is 68.0 Å². The minimum Gasteiger partial charge on any atom is -0.505 e. The second-order valence-corrected chi connectivity index (χ2v) is 12.3. The number of likely N-dealkylation sites (tertiary alicyclic amines) is 2. The van der Waals surface area contributed by atoms with Gasteiger partial charge in [-0.3, -0.25) is 9.80 Å². The summed E-state index contributed by atoms with van der Waals surface area (Å²) in [6.07, 6.45) is -4.77. The summed E-state index contributed by atoms with van der Waals surface area (Å²) in [7, 11) is 0. The number of hydrogen-bond acceptors (Lipinski definition) is 6. The number of nitrogen functional groups attached to an aromatic ring is 1. The minimum absolute atomic E-state index is 0. The molecule has 260 valence electrons. The Morgan fingerprint density at radius 1 is 0.872 bits per heavy atom. The van der Waals surface area contributed by atoms with Gasteiger partial charge in [-0.25, -0.2) is 4.98 Å². The van der Waals surface area contributed by atoms with Gasteiger partial charge in [-0.1, -0.05) is 36.8 Å². The molecule has 0 amide bonds. The van der Waals surface area contributed by atoms with Crippen LogP contribution in [0.25, 0.3) is 22.6 Å². The fraction of sp³-hybridized carbons (Fsp3) is 0.441. The molecule has 0 aliphatic carbocycles. The monoisotopic (exact) mass is 734 g/mol. The van der Waals surface area contributed by atoms with Crippen LogP contribution in [0, 0.1) is 6.92 Å². The summed E-state index contributed by atoms with van der Waals surface area (Å²) < 4.78 is 95.5. The molecule has 47 heavy (non-hydrogen) atoms. The van der Waals surface area contributed by atoms with E-state index in [4.69, 9.17) is 13.1 Å². The molecule has 2 aliphatic heterocycles. The molecule has 6 rings (SSSR count). The Kier molecular flexibility index (Phi) is 11.9. The molecule has 1 aromatic heterocycles. The van der Waals surface area contributed by atoms with Crippen molar-refractivity contribution >= 4 is 32.7 Å². The van der Waals surface area contributed by atoms with Crippen molar-refractivity contribution in [3.63, 3.8) is 0 Å². The molecule has 0 bridgehead atoms. The maximum absolute atomic E-state index is 13.7. The number of benzene rings is 3. The van der Waals surface area contributed by atoms with Crippen molar-refractivity contribution in [2.45, 2.75) is 72.9 Å². The zero-order chi connectivity index (χ0) is 34.5. The first-order valence-electron chi connectivity index (χ1n) is 15.6. The number of phenols is 1. The summed E-state index contributed by atoms with van der Waals surface area (Å²) in [5, 5.41) is 9.36. The number of hydrogen-bond donors (Lipinski definition) is 2. The third kappa shape index (κ3) is 8.99. The maximum atomic E-state index is 13.7. The average Bonchev–Trinajstić information content (AvgIpc) is 3.79. The van der Waals surface area contributed by atoms with Gasteiger partial charge < -0.3 is 15.3 Å². The van der Waals surface area contributed by atoms with Crippen LogP contribution in [0.1, 0.15) is 71.3 Å². The third-order valence-electron chi connectivity index (χ3n) is 8.07. The zero-order valence-corrected chi connectivity index (χ0v) is 26.1. The van der Waals surface area contributed by atoms with Gasteiger partial charge in [0.05, 0.1) is 11.3 Å². The van der Waals surface area contributed by atoms with Crippen LogP contribution in [0.5, 0.6) is 5.75 Å². The molecule has 0 spiro atoms. The van der Waals surface area contributed by atoms with Gasteiger partial charge in [-0.2, -0.15) is 26.3 Å². The summed E-state index contributed by atoms with van der Waals surface area (Å²) in [5.74, 6) is -0.680. The fourth-order valence-corrected chi connectivity index (χ4v) is 6.14. The van der Waals surface area contributed by atoms with E-state index in [2.05, 4.69) is 30.7 Å². The molecule has 4 aromatic rings. The molecule has 0 radical (unpaired) electrons. The highest BCUT2D eigenvalue weighted by atomic mass is 79.9. The summed E-state index contributed by atoms with van der Waals surface area (Å²) >= 11 is 3.44. The van der Waals surface area contributed by atoms with Crippen molar-refractivity contribution in [3.8, 4) is 17.2 Å². The van der Waals surface area contributed by atoms with E-state index in [0.29, 0.717) is 29.8 Å². The molecule has 0 atom stereocenters. The van der Waals surface area contributed by atoms with Crippen LogP contribution in [0.2, 0.25) is 0 Å². The number of phenolic OH excluding ortho intramolecular Hbond substituents is 1. The smallest absolute Gasteiger partial charge is 0.420 e. The van der Waals surface area contributed by atoms with Crippen LogP contribution in [0.3, 0.4) is 0 Å². The quantitative estimate of drug-likeness (QED) is 0.121. The first kappa shape index (κ1) is 36.5. The highest BCUT2D eigenvalue weighted by molar-refractivity contribution is 9.10. The second-order valence-electron chi connectivity index (χ2n) is 11.5. The summed E-state index contributed by atoms with van der Waals surface area (Å²) in [4.78, 5) is 8.63.